The highest BCUT2D eigenvalue weighted by atomic mass is 16.3. The van der Waals surface area contributed by atoms with Crippen LogP contribution >= 0.6 is 0 Å². The van der Waals surface area contributed by atoms with Gasteiger partial charge in [-0.1, -0.05) is 52.2 Å². The van der Waals surface area contributed by atoms with Crippen molar-refractivity contribution in [2.75, 3.05) is 0 Å². The summed E-state index contributed by atoms with van der Waals surface area (Å²) in [5.41, 5.74) is 3.14. The number of hydrogen-bond acceptors (Lipinski definition) is 3. The van der Waals surface area contributed by atoms with E-state index in [9.17, 15) is 10.2 Å². The Balaban J connectivity index is 2.40. The Hall–Kier alpha value is -2.68. The summed E-state index contributed by atoms with van der Waals surface area (Å²) in [6.07, 6.45) is 17.3. The molecule has 3 nitrogen and oxygen atoms in total. The monoisotopic (exact) mass is 365 g/mol. The Morgan fingerprint density at radius 3 is 2.59 bits per heavy atom. The highest BCUT2D eigenvalue weighted by Gasteiger charge is 2.29. The summed E-state index contributed by atoms with van der Waals surface area (Å²) < 4.78 is 0. The van der Waals surface area contributed by atoms with Crippen LogP contribution in [0.4, 0.5) is 0 Å². The summed E-state index contributed by atoms with van der Waals surface area (Å²) in [4.78, 5) is 2.13. The normalized spacial score (nSPS) is 24.7. The average Bonchev–Trinajstić information content (AvgIpc) is 2.56. The number of rotatable bonds is 4. The first-order valence-electron chi connectivity index (χ1n) is 9.35. The van der Waals surface area contributed by atoms with E-state index in [4.69, 9.17) is 0 Å². The van der Waals surface area contributed by atoms with E-state index in [0.29, 0.717) is 11.1 Å². The minimum atomic E-state index is 0.0143. The quantitative estimate of drug-likeness (QED) is 0.566. The highest BCUT2D eigenvalue weighted by Crippen LogP contribution is 2.34. The summed E-state index contributed by atoms with van der Waals surface area (Å²) in [5.74, 6) is 0.272. The van der Waals surface area contributed by atoms with Gasteiger partial charge in [-0.15, -0.1) is 0 Å². The minimum absolute atomic E-state index is 0.0143. The van der Waals surface area contributed by atoms with Gasteiger partial charge in [-0.3, -0.25) is 0 Å². The molecule has 2 N–H and O–H groups in total. The maximum atomic E-state index is 10.3. The van der Waals surface area contributed by atoms with Crippen molar-refractivity contribution in [3.63, 3.8) is 0 Å². The molecule has 0 saturated heterocycles. The maximum Gasteiger partial charge on any atom is 0.122 e. The maximum absolute atomic E-state index is 10.3. The Kier molecular flexibility index (Phi) is 6.37. The predicted octanol–water partition coefficient (Wildman–Crippen LogP) is 6.41. The number of aliphatic hydroxyl groups is 2. The van der Waals surface area contributed by atoms with E-state index in [1.54, 1.807) is 6.08 Å². The van der Waals surface area contributed by atoms with Gasteiger partial charge < -0.3 is 15.1 Å². The van der Waals surface area contributed by atoms with E-state index in [1.165, 1.54) is 0 Å². The van der Waals surface area contributed by atoms with Crippen LogP contribution in [0.3, 0.4) is 0 Å². The molecule has 1 atom stereocenters. The standard InChI is InChI=1S/C24H31NO2/c1-17-15-21(14-13-20-11-9-7-8-10-12-23(20)27)25(16-22(17)18(2)26)19(3)24(4,5)6/h8,10-16,19,26-27H,1-2,7,9H2,3-6H3/b10-8-,14-13+,20-11-,23-12+. The first-order valence-corrected chi connectivity index (χ1v) is 9.35. The SMILES string of the molecule is C=C(O)C1=CN(C(C)C(C)(C)C)C(/C=C/C2=C/CC\C=C/C=C\2O)=CC1=C. The largest absolute Gasteiger partial charge is 0.508 e. The molecular weight excluding hydrogens is 334 g/mol. The fraction of sp³-hybridized carbons (Fsp3) is 0.333. The minimum Gasteiger partial charge on any atom is -0.508 e. The van der Waals surface area contributed by atoms with Crippen LogP contribution in [0.2, 0.25) is 0 Å². The third kappa shape index (κ3) is 5.16. The van der Waals surface area contributed by atoms with Crippen molar-refractivity contribution in [1.82, 2.24) is 4.90 Å². The molecule has 0 aromatic heterocycles. The number of hydrogen-bond donors (Lipinski definition) is 2. The molecule has 1 aliphatic heterocycles. The van der Waals surface area contributed by atoms with Gasteiger partial charge in [0.1, 0.15) is 11.5 Å². The molecule has 2 aliphatic rings. The molecule has 0 saturated carbocycles. The molecule has 0 fully saturated rings. The highest BCUT2D eigenvalue weighted by molar-refractivity contribution is 5.53. The topological polar surface area (TPSA) is 43.7 Å². The first-order chi connectivity index (χ1) is 12.6. The molecule has 3 heteroatoms. The third-order valence-corrected chi connectivity index (χ3v) is 5.03. The van der Waals surface area contributed by atoms with Crippen LogP contribution in [-0.4, -0.2) is 21.2 Å². The molecule has 1 aliphatic carbocycles. The predicted molar refractivity (Wildman–Crippen MR) is 114 cm³/mol. The van der Waals surface area contributed by atoms with Crippen molar-refractivity contribution in [3.8, 4) is 0 Å². The van der Waals surface area contributed by atoms with Gasteiger partial charge in [-0.25, -0.2) is 0 Å². The number of aliphatic hydroxyl groups excluding tert-OH is 2. The average molecular weight is 366 g/mol. The summed E-state index contributed by atoms with van der Waals surface area (Å²) in [7, 11) is 0. The summed E-state index contributed by atoms with van der Waals surface area (Å²) in [5, 5.41) is 20.2. The van der Waals surface area contributed by atoms with Crippen molar-refractivity contribution in [2.24, 2.45) is 5.41 Å². The van der Waals surface area contributed by atoms with E-state index in [0.717, 1.165) is 24.1 Å². The number of nitrogens with zero attached hydrogens (tertiary/aromatic N) is 1. The second-order valence-electron chi connectivity index (χ2n) is 8.08. The van der Waals surface area contributed by atoms with Crippen molar-refractivity contribution in [1.29, 1.82) is 0 Å². The van der Waals surface area contributed by atoms with Gasteiger partial charge in [-0.2, -0.15) is 0 Å². The van der Waals surface area contributed by atoms with Crippen molar-refractivity contribution in [2.45, 2.75) is 46.6 Å². The van der Waals surface area contributed by atoms with E-state index in [-0.39, 0.29) is 23.0 Å². The lowest BCUT2D eigenvalue weighted by Crippen LogP contribution is -2.39. The smallest absolute Gasteiger partial charge is 0.122 e. The van der Waals surface area contributed by atoms with E-state index < -0.39 is 0 Å². The van der Waals surface area contributed by atoms with Gasteiger partial charge >= 0.3 is 0 Å². The fourth-order valence-electron chi connectivity index (χ4n) is 2.89. The lowest BCUT2D eigenvalue weighted by atomic mass is 9.85. The van der Waals surface area contributed by atoms with E-state index in [2.05, 4.69) is 45.8 Å². The van der Waals surface area contributed by atoms with Gasteiger partial charge in [0.15, 0.2) is 0 Å². The zero-order chi connectivity index (χ0) is 20.2. The van der Waals surface area contributed by atoms with Gasteiger partial charge in [0.2, 0.25) is 0 Å². The van der Waals surface area contributed by atoms with Crippen LogP contribution < -0.4 is 0 Å². The molecule has 2 rings (SSSR count). The fourth-order valence-corrected chi connectivity index (χ4v) is 2.89. The molecule has 0 aromatic carbocycles. The molecular formula is C24H31NO2. The molecule has 0 amide bonds. The van der Waals surface area contributed by atoms with Crippen LogP contribution in [-0.2, 0) is 0 Å². The Bertz CT molecular complexity index is 795. The van der Waals surface area contributed by atoms with Crippen LogP contribution in [0.25, 0.3) is 0 Å². The Labute approximate surface area is 163 Å². The van der Waals surface area contributed by atoms with E-state index in [1.807, 2.05) is 42.7 Å². The molecule has 0 bridgehead atoms. The third-order valence-electron chi connectivity index (χ3n) is 5.03. The summed E-state index contributed by atoms with van der Waals surface area (Å²) in [6, 6.07) is 0.175. The molecule has 0 aromatic rings. The van der Waals surface area contributed by atoms with Crippen LogP contribution in [0.1, 0.15) is 40.5 Å². The zero-order valence-electron chi connectivity index (χ0n) is 16.9. The van der Waals surface area contributed by atoms with Gasteiger partial charge in [0.05, 0.1) is 0 Å². The van der Waals surface area contributed by atoms with Crippen molar-refractivity contribution < 1.29 is 10.2 Å². The van der Waals surface area contributed by atoms with Crippen molar-refractivity contribution in [3.05, 3.63) is 95.8 Å². The summed E-state index contributed by atoms with van der Waals surface area (Å²) in [6.45, 7) is 16.4. The number of allylic oxidation sites excluding steroid dienone is 8. The molecule has 1 heterocycles. The lowest BCUT2D eigenvalue weighted by Gasteiger charge is -2.40. The molecule has 0 radical (unpaired) electrons. The van der Waals surface area contributed by atoms with Crippen molar-refractivity contribution >= 4 is 0 Å². The van der Waals surface area contributed by atoms with E-state index >= 15 is 0 Å². The molecule has 144 valence electrons. The van der Waals surface area contributed by atoms with Gasteiger partial charge in [0, 0.05) is 29.1 Å². The van der Waals surface area contributed by atoms with Crippen LogP contribution in [0, 0.1) is 5.41 Å². The lowest BCUT2D eigenvalue weighted by molar-refractivity contribution is 0.196. The second-order valence-corrected chi connectivity index (χ2v) is 8.08. The molecule has 0 spiro atoms. The van der Waals surface area contributed by atoms with Gasteiger partial charge in [0.25, 0.3) is 0 Å². The zero-order valence-corrected chi connectivity index (χ0v) is 16.9. The Morgan fingerprint density at radius 1 is 1.26 bits per heavy atom. The first kappa shape index (κ1) is 20.6. The Morgan fingerprint density at radius 2 is 1.96 bits per heavy atom. The van der Waals surface area contributed by atoms with Crippen LogP contribution in [0.15, 0.2) is 95.8 Å². The van der Waals surface area contributed by atoms with Gasteiger partial charge in [-0.05, 0) is 55.1 Å². The molecule has 27 heavy (non-hydrogen) atoms. The molecule has 1 unspecified atom stereocenters. The second kappa shape index (κ2) is 8.34. The summed E-state index contributed by atoms with van der Waals surface area (Å²) >= 11 is 0. The van der Waals surface area contributed by atoms with Crippen LogP contribution in [0.5, 0.6) is 0 Å².